The van der Waals surface area contributed by atoms with E-state index in [-0.39, 0.29) is 11.3 Å². The highest BCUT2D eigenvalue weighted by molar-refractivity contribution is 7.10. The Kier molecular flexibility index (Phi) is 4.91. The molecule has 2 heterocycles. The summed E-state index contributed by atoms with van der Waals surface area (Å²) in [6.07, 6.45) is 0. The molecule has 0 radical (unpaired) electrons. The summed E-state index contributed by atoms with van der Waals surface area (Å²) in [6.45, 7) is 3.92. The summed E-state index contributed by atoms with van der Waals surface area (Å²) in [5.41, 5.74) is 3.31. The lowest BCUT2D eigenvalue weighted by molar-refractivity contribution is -0.132. The Bertz CT molecular complexity index is 1400. The molecule has 1 unspecified atom stereocenters. The maximum Gasteiger partial charge on any atom is 0.300 e. The van der Waals surface area contributed by atoms with Gasteiger partial charge in [0.2, 0.25) is 0 Å². The van der Waals surface area contributed by atoms with Crippen molar-refractivity contribution in [1.29, 1.82) is 0 Å². The lowest BCUT2D eigenvalue weighted by Gasteiger charge is -2.26. The van der Waals surface area contributed by atoms with Crippen molar-refractivity contribution in [3.8, 4) is 0 Å². The first-order valence-electron chi connectivity index (χ1n) is 10.4. The number of hydrogen-bond donors (Lipinski definition) is 1. The molecule has 1 N–H and O–H groups in total. The predicted molar refractivity (Wildman–Crippen MR) is 129 cm³/mol. The average Bonchev–Trinajstić information content (AvgIpc) is 3.42. The van der Waals surface area contributed by atoms with Crippen LogP contribution in [-0.4, -0.2) is 16.8 Å². The van der Waals surface area contributed by atoms with Crippen LogP contribution >= 0.6 is 11.3 Å². The third kappa shape index (κ3) is 3.05. The Hall–Kier alpha value is -3.70. The molecule has 3 aromatic carbocycles. The molecule has 1 aliphatic heterocycles. The van der Waals surface area contributed by atoms with Gasteiger partial charge in [-0.05, 0) is 53.3 Å². The highest BCUT2D eigenvalue weighted by Gasteiger charge is 2.47. The highest BCUT2D eigenvalue weighted by atomic mass is 32.1. The van der Waals surface area contributed by atoms with Crippen LogP contribution in [0.5, 0.6) is 0 Å². The maximum atomic E-state index is 13.3. The number of benzene rings is 3. The van der Waals surface area contributed by atoms with Gasteiger partial charge in [0.05, 0.1) is 5.57 Å². The minimum absolute atomic E-state index is 0.120. The van der Waals surface area contributed by atoms with Crippen molar-refractivity contribution in [1.82, 2.24) is 0 Å². The van der Waals surface area contributed by atoms with E-state index in [9.17, 15) is 14.7 Å². The molecular weight excluding hydrogens is 418 g/mol. The van der Waals surface area contributed by atoms with E-state index in [1.165, 1.54) is 16.2 Å². The number of rotatable bonds is 3. The third-order valence-electron chi connectivity index (χ3n) is 6.14. The monoisotopic (exact) mass is 439 g/mol. The van der Waals surface area contributed by atoms with Crippen LogP contribution in [0.2, 0.25) is 0 Å². The first kappa shape index (κ1) is 20.2. The van der Waals surface area contributed by atoms with Gasteiger partial charge in [-0.25, -0.2) is 0 Å². The lowest BCUT2D eigenvalue weighted by Crippen LogP contribution is -2.29. The van der Waals surface area contributed by atoms with E-state index in [2.05, 4.69) is 0 Å². The molecule has 0 aliphatic carbocycles. The zero-order valence-corrected chi connectivity index (χ0v) is 18.5. The Labute approximate surface area is 190 Å². The Morgan fingerprint density at radius 2 is 1.66 bits per heavy atom. The van der Waals surface area contributed by atoms with E-state index in [1.54, 1.807) is 6.07 Å². The fourth-order valence-electron chi connectivity index (χ4n) is 4.37. The van der Waals surface area contributed by atoms with Crippen LogP contribution in [0.25, 0.3) is 16.5 Å². The molecule has 0 saturated carbocycles. The highest BCUT2D eigenvalue weighted by Crippen LogP contribution is 2.45. The molecule has 4 aromatic rings. The van der Waals surface area contributed by atoms with Gasteiger partial charge < -0.3 is 5.11 Å². The molecule has 1 aliphatic rings. The standard InChI is InChI=1S/C27H21NO3S/c1-16-8-5-13-21(17(16)2)28-24(22-14-7-15-32-22)23(26(30)27(28)31)25(29)20-12-6-10-18-9-3-4-11-19(18)20/h3-15,24,29H,1-2H3/b25-23-. The number of anilines is 1. The molecule has 1 fully saturated rings. The molecule has 1 atom stereocenters. The zero-order chi connectivity index (χ0) is 22.4. The summed E-state index contributed by atoms with van der Waals surface area (Å²) >= 11 is 1.46. The molecule has 0 bridgehead atoms. The van der Waals surface area contributed by atoms with Crippen molar-refractivity contribution >= 4 is 45.2 Å². The second kappa shape index (κ2) is 7.77. The summed E-state index contributed by atoms with van der Waals surface area (Å²) in [4.78, 5) is 29.0. The first-order chi connectivity index (χ1) is 15.5. The first-order valence-corrected chi connectivity index (χ1v) is 11.3. The van der Waals surface area contributed by atoms with Crippen molar-refractivity contribution in [2.24, 2.45) is 0 Å². The topological polar surface area (TPSA) is 57.6 Å². The minimum atomic E-state index is -0.686. The van der Waals surface area contributed by atoms with Crippen LogP contribution in [0, 0.1) is 13.8 Å². The van der Waals surface area contributed by atoms with Crippen LogP contribution < -0.4 is 4.90 Å². The van der Waals surface area contributed by atoms with E-state index in [4.69, 9.17) is 0 Å². The number of fused-ring (bicyclic) bond motifs is 1. The van der Waals surface area contributed by atoms with Gasteiger partial charge in [0, 0.05) is 16.1 Å². The number of Topliss-reactive ketones (excluding diaryl/α,β-unsaturated/α-hetero) is 1. The van der Waals surface area contributed by atoms with Gasteiger partial charge >= 0.3 is 0 Å². The summed E-state index contributed by atoms with van der Waals surface area (Å²) in [7, 11) is 0. The predicted octanol–water partition coefficient (Wildman–Crippen LogP) is 6.14. The van der Waals surface area contributed by atoms with E-state index in [0.717, 1.165) is 26.8 Å². The van der Waals surface area contributed by atoms with Crippen molar-refractivity contribution in [2.75, 3.05) is 4.90 Å². The number of hydrogen-bond acceptors (Lipinski definition) is 4. The number of thiophene rings is 1. The molecule has 5 rings (SSSR count). The Morgan fingerprint density at radius 1 is 0.906 bits per heavy atom. The van der Waals surface area contributed by atoms with Crippen molar-refractivity contribution in [2.45, 2.75) is 19.9 Å². The number of carbonyl (C=O) groups excluding carboxylic acids is 2. The second-order valence-corrected chi connectivity index (χ2v) is 8.91. The van der Waals surface area contributed by atoms with Gasteiger partial charge in [-0.2, -0.15) is 0 Å². The SMILES string of the molecule is Cc1cccc(N2C(=O)C(=O)/C(=C(\O)c3cccc4ccccc34)C2c2cccs2)c1C. The Morgan fingerprint density at radius 3 is 2.44 bits per heavy atom. The number of aliphatic hydroxyl groups excluding tert-OH is 1. The molecular formula is C27H21NO3S. The summed E-state index contributed by atoms with van der Waals surface area (Å²) in [6, 6.07) is 22.1. The molecule has 0 spiro atoms. The normalized spacial score (nSPS) is 17.9. The molecule has 4 nitrogen and oxygen atoms in total. The molecule has 1 amide bonds. The molecule has 158 valence electrons. The summed E-state index contributed by atoms with van der Waals surface area (Å²) in [5.74, 6) is -1.44. The van der Waals surface area contributed by atoms with Crippen LogP contribution in [0.3, 0.4) is 0 Å². The summed E-state index contributed by atoms with van der Waals surface area (Å²) < 4.78 is 0. The van der Waals surface area contributed by atoms with Crippen LogP contribution in [0.15, 0.2) is 83.7 Å². The minimum Gasteiger partial charge on any atom is -0.507 e. The Balaban J connectivity index is 1.79. The van der Waals surface area contributed by atoms with E-state index >= 15 is 0 Å². The smallest absolute Gasteiger partial charge is 0.300 e. The van der Waals surface area contributed by atoms with Crippen LogP contribution in [0.1, 0.15) is 27.6 Å². The third-order valence-corrected chi connectivity index (χ3v) is 7.06. The second-order valence-electron chi connectivity index (χ2n) is 7.93. The largest absolute Gasteiger partial charge is 0.507 e. The van der Waals surface area contributed by atoms with Crippen molar-refractivity contribution < 1.29 is 14.7 Å². The fraction of sp³-hybridized carbons (Fsp3) is 0.111. The number of nitrogens with zero attached hydrogens (tertiary/aromatic N) is 1. The average molecular weight is 440 g/mol. The van der Waals surface area contributed by atoms with E-state index in [1.807, 2.05) is 86.0 Å². The maximum absolute atomic E-state index is 13.3. The zero-order valence-electron chi connectivity index (χ0n) is 17.7. The molecule has 1 saturated heterocycles. The van der Waals surface area contributed by atoms with Gasteiger partial charge in [-0.3, -0.25) is 14.5 Å². The van der Waals surface area contributed by atoms with Crippen molar-refractivity contribution in [3.05, 3.63) is 105 Å². The number of ketones is 1. The van der Waals surface area contributed by atoms with Gasteiger partial charge in [0.25, 0.3) is 11.7 Å². The molecule has 5 heteroatoms. The van der Waals surface area contributed by atoms with Crippen LogP contribution in [0.4, 0.5) is 5.69 Å². The molecule has 32 heavy (non-hydrogen) atoms. The van der Waals surface area contributed by atoms with Gasteiger partial charge in [0.1, 0.15) is 11.8 Å². The lowest BCUT2D eigenvalue weighted by atomic mass is 9.96. The number of aliphatic hydroxyl groups is 1. The van der Waals surface area contributed by atoms with Gasteiger partial charge in [-0.15, -0.1) is 11.3 Å². The number of carbonyl (C=O) groups is 2. The van der Waals surface area contributed by atoms with E-state index in [0.29, 0.717) is 11.3 Å². The quantitative estimate of drug-likeness (QED) is 0.237. The van der Waals surface area contributed by atoms with Gasteiger partial charge in [0.15, 0.2) is 0 Å². The summed E-state index contributed by atoms with van der Waals surface area (Å²) in [5, 5.41) is 15.1. The number of aryl methyl sites for hydroxylation is 1. The van der Waals surface area contributed by atoms with E-state index < -0.39 is 17.7 Å². The van der Waals surface area contributed by atoms with Crippen LogP contribution in [-0.2, 0) is 9.59 Å². The van der Waals surface area contributed by atoms with Gasteiger partial charge in [-0.1, -0.05) is 60.7 Å². The molecule has 1 aromatic heterocycles. The number of amides is 1. The van der Waals surface area contributed by atoms with Crippen molar-refractivity contribution in [3.63, 3.8) is 0 Å². The fourth-order valence-corrected chi connectivity index (χ4v) is 5.19.